The van der Waals surface area contributed by atoms with E-state index in [9.17, 15) is 0 Å². The summed E-state index contributed by atoms with van der Waals surface area (Å²) < 4.78 is 0.977. The van der Waals surface area contributed by atoms with Gasteiger partial charge in [0.2, 0.25) is 0 Å². The summed E-state index contributed by atoms with van der Waals surface area (Å²) in [6, 6.07) is 6.73. The molecule has 1 aliphatic carbocycles. The molecule has 0 bridgehead atoms. The van der Waals surface area contributed by atoms with E-state index < -0.39 is 0 Å². The Bertz CT molecular complexity index is 503. The van der Waals surface area contributed by atoms with Gasteiger partial charge in [0.15, 0.2) is 0 Å². The van der Waals surface area contributed by atoms with Crippen molar-refractivity contribution >= 4 is 38.8 Å². The van der Waals surface area contributed by atoms with E-state index in [0.717, 1.165) is 15.7 Å². The lowest BCUT2D eigenvalue weighted by Crippen LogP contribution is -2.38. The summed E-state index contributed by atoms with van der Waals surface area (Å²) in [4.78, 5) is 2.81. The quantitative estimate of drug-likeness (QED) is 0.810. The van der Waals surface area contributed by atoms with Crippen molar-refractivity contribution in [2.45, 2.75) is 45.6 Å². The minimum Gasteiger partial charge on any atom is -0.389 e. The number of rotatable bonds is 3. The maximum Gasteiger partial charge on any atom is 0.107 e. The SMILES string of the molecule is CN(c1cccc(Br)c1C(N)=S)C1CCC(C)(C)CC1. The highest BCUT2D eigenvalue weighted by molar-refractivity contribution is 9.10. The van der Waals surface area contributed by atoms with Gasteiger partial charge in [-0.25, -0.2) is 0 Å². The molecule has 1 aliphatic rings. The number of benzene rings is 1. The maximum absolute atomic E-state index is 5.90. The van der Waals surface area contributed by atoms with Gasteiger partial charge in [-0.1, -0.05) is 32.1 Å². The van der Waals surface area contributed by atoms with Crippen molar-refractivity contribution in [1.29, 1.82) is 0 Å². The number of nitrogens with zero attached hydrogens (tertiary/aromatic N) is 1. The number of hydrogen-bond donors (Lipinski definition) is 1. The van der Waals surface area contributed by atoms with Crippen LogP contribution in [0.5, 0.6) is 0 Å². The fourth-order valence-corrected chi connectivity index (χ4v) is 3.93. The first-order valence-corrected chi connectivity index (χ1v) is 8.33. The minimum atomic E-state index is 0.454. The smallest absolute Gasteiger partial charge is 0.107 e. The van der Waals surface area contributed by atoms with Crippen molar-refractivity contribution in [1.82, 2.24) is 0 Å². The molecular weight excluding hydrogens is 332 g/mol. The van der Waals surface area contributed by atoms with Crippen LogP contribution in [0.3, 0.4) is 0 Å². The molecule has 1 saturated carbocycles. The van der Waals surface area contributed by atoms with E-state index in [1.165, 1.54) is 25.7 Å². The van der Waals surface area contributed by atoms with Crippen LogP contribution in [0, 0.1) is 5.41 Å². The first-order chi connectivity index (χ1) is 9.32. The van der Waals surface area contributed by atoms with Crippen LogP contribution in [0.4, 0.5) is 5.69 Å². The van der Waals surface area contributed by atoms with Crippen molar-refractivity contribution < 1.29 is 0 Å². The number of hydrogen-bond acceptors (Lipinski definition) is 2. The Morgan fingerprint density at radius 3 is 2.50 bits per heavy atom. The molecule has 0 saturated heterocycles. The Morgan fingerprint density at radius 1 is 1.35 bits per heavy atom. The Balaban J connectivity index is 2.24. The molecule has 0 aromatic heterocycles. The molecule has 0 aliphatic heterocycles. The third-order valence-corrected chi connectivity index (χ3v) is 5.34. The average Bonchev–Trinajstić information content (AvgIpc) is 2.37. The first kappa shape index (κ1) is 15.8. The molecule has 0 spiro atoms. The summed E-state index contributed by atoms with van der Waals surface area (Å²) in [5.74, 6) is 0. The van der Waals surface area contributed by atoms with Gasteiger partial charge in [-0.3, -0.25) is 0 Å². The van der Waals surface area contributed by atoms with Gasteiger partial charge in [0.1, 0.15) is 4.99 Å². The lowest BCUT2D eigenvalue weighted by Gasteiger charge is -2.40. The van der Waals surface area contributed by atoms with E-state index in [1.807, 2.05) is 12.1 Å². The van der Waals surface area contributed by atoms with Crippen molar-refractivity contribution in [2.75, 3.05) is 11.9 Å². The average molecular weight is 355 g/mol. The molecule has 0 unspecified atom stereocenters. The lowest BCUT2D eigenvalue weighted by atomic mass is 9.75. The molecule has 0 radical (unpaired) electrons. The van der Waals surface area contributed by atoms with Gasteiger partial charge in [-0.15, -0.1) is 0 Å². The summed E-state index contributed by atoms with van der Waals surface area (Å²) in [5.41, 5.74) is 8.48. The lowest BCUT2D eigenvalue weighted by molar-refractivity contribution is 0.222. The van der Waals surface area contributed by atoms with Gasteiger partial charge in [-0.05, 0) is 59.2 Å². The van der Waals surface area contributed by atoms with Crippen molar-refractivity contribution in [2.24, 2.45) is 11.1 Å². The van der Waals surface area contributed by atoms with Crippen LogP contribution in [0.15, 0.2) is 22.7 Å². The largest absolute Gasteiger partial charge is 0.389 e. The number of thiocarbonyl (C=S) groups is 1. The molecule has 1 aromatic carbocycles. The second kappa shape index (κ2) is 6.02. The van der Waals surface area contributed by atoms with Crippen LogP contribution >= 0.6 is 28.1 Å². The minimum absolute atomic E-state index is 0.454. The standard InChI is InChI=1S/C16H23BrN2S/c1-16(2)9-7-11(8-10-16)19(3)13-6-4-5-12(17)14(13)15(18)20/h4-6,11H,7-10H2,1-3H3,(H2,18,20). The second-order valence-electron chi connectivity index (χ2n) is 6.50. The molecular formula is C16H23BrN2S. The van der Waals surface area contributed by atoms with E-state index in [4.69, 9.17) is 18.0 Å². The molecule has 2 N–H and O–H groups in total. The topological polar surface area (TPSA) is 29.3 Å². The fraction of sp³-hybridized carbons (Fsp3) is 0.562. The van der Waals surface area contributed by atoms with E-state index in [2.05, 4.69) is 47.8 Å². The third kappa shape index (κ3) is 3.34. The van der Waals surface area contributed by atoms with Crippen LogP contribution < -0.4 is 10.6 Å². The molecule has 2 nitrogen and oxygen atoms in total. The molecule has 1 fully saturated rings. The monoisotopic (exact) mass is 354 g/mol. The van der Waals surface area contributed by atoms with Gasteiger partial charge in [-0.2, -0.15) is 0 Å². The number of halogens is 1. The van der Waals surface area contributed by atoms with E-state index in [1.54, 1.807) is 0 Å². The molecule has 1 aromatic rings. The van der Waals surface area contributed by atoms with Crippen molar-refractivity contribution in [3.8, 4) is 0 Å². The van der Waals surface area contributed by atoms with Gasteiger partial charge >= 0.3 is 0 Å². The zero-order chi connectivity index (χ0) is 14.9. The van der Waals surface area contributed by atoms with Crippen LogP contribution in [0.1, 0.15) is 45.1 Å². The van der Waals surface area contributed by atoms with E-state index >= 15 is 0 Å². The predicted molar refractivity (Wildman–Crippen MR) is 94.5 cm³/mol. The van der Waals surface area contributed by atoms with Crippen LogP contribution in [0.2, 0.25) is 0 Å². The highest BCUT2D eigenvalue weighted by atomic mass is 79.9. The summed E-state index contributed by atoms with van der Waals surface area (Å²) in [7, 11) is 2.16. The molecule has 4 heteroatoms. The second-order valence-corrected chi connectivity index (χ2v) is 7.80. The first-order valence-electron chi connectivity index (χ1n) is 7.13. The Kier molecular flexibility index (Phi) is 4.75. The molecule has 110 valence electrons. The summed E-state index contributed by atoms with van der Waals surface area (Å²) in [6.45, 7) is 4.73. The zero-order valence-electron chi connectivity index (χ0n) is 12.4. The molecule has 0 amide bonds. The van der Waals surface area contributed by atoms with Gasteiger partial charge < -0.3 is 10.6 Å². The van der Waals surface area contributed by atoms with Crippen LogP contribution in [0.25, 0.3) is 0 Å². The molecule has 20 heavy (non-hydrogen) atoms. The van der Waals surface area contributed by atoms with Crippen molar-refractivity contribution in [3.63, 3.8) is 0 Å². The van der Waals surface area contributed by atoms with Gasteiger partial charge in [0, 0.05) is 28.8 Å². The molecule has 0 heterocycles. The maximum atomic E-state index is 5.90. The predicted octanol–water partition coefficient (Wildman–Crippen LogP) is 4.49. The Labute approximate surface area is 135 Å². The highest BCUT2D eigenvalue weighted by Gasteiger charge is 2.29. The molecule has 2 rings (SSSR count). The molecule has 0 atom stereocenters. The van der Waals surface area contributed by atoms with E-state index in [0.29, 0.717) is 16.4 Å². The zero-order valence-corrected chi connectivity index (χ0v) is 14.9. The fourth-order valence-electron chi connectivity index (χ4n) is 3.02. The number of anilines is 1. The summed E-state index contributed by atoms with van der Waals surface area (Å²) in [5, 5.41) is 0. The van der Waals surface area contributed by atoms with Gasteiger partial charge in [0.05, 0.1) is 0 Å². The van der Waals surface area contributed by atoms with Crippen molar-refractivity contribution in [3.05, 3.63) is 28.2 Å². The normalized spacial score (nSPS) is 18.8. The Hall–Kier alpha value is -0.610. The summed E-state index contributed by atoms with van der Waals surface area (Å²) >= 11 is 8.78. The number of nitrogens with two attached hydrogens (primary N) is 1. The third-order valence-electron chi connectivity index (χ3n) is 4.47. The summed E-state index contributed by atoms with van der Waals surface area (Å²) in [6.07, 6.45) is 5.01. The van der Waals surface area contributed by atoms with E-state index in [-0.39, 0.29) is 0 Å². The van der Waals surface area contributed by atoms with Crippen LogP contribution in [-0.4, -0.2) is 18.1 Å². The van der Waals surface area contributed by atoms with Gasteiger partial charge in [0.25, 0.3) is 0 Å². The van der Waals surface area contributed by atoms with Crippen LogP contribution in [-0.2, 0) is 0 Å². The highest BCUT2D eigenvalue weighted by Crippen LogP contribution is 2.38. The Morgan fingerprint density at radius 2 is 1.95 bits per heavy atom.